The monoisotopic (exact) mass is 262 g/mol. The molecule has 1 nitrogen and oxygen atoms in total. The lowest BCUT2D eigenvalue weighted by molar-refractivity contribution is 0.220. The number of aliphatic hydroxyl groups excluding tert-OH is 1. The molecule has 0 fully saturated rings. The van der Waals surface area contributed by atoms with Crippen molar-refractivity contribution < 1.29 is 5.11 Å². The van der Waals surface area contributed by atoms with E-state index < -0.39 is 6.10 Å². The summed E-state index contributed by atoms with van der Waals surface area (Å²) in [7, 11) is 0. The molecule has 0 saturated heterocycles. The molecule has 0 aliphatic rings. The Hall–Kier alpha value is -2.38. The number of hydrogen-bond acceptors (Lipinski definition) is 1. The van der Waals surface area contributed by atoms with Gasteiger partial charge in [0.25, 0.3) is 0 Å². The molecule has 20 heavy (non-hydrogen) atoms. The zero-order valence-electron chi connectivity index (χ0n) is 11.3. The van der Waals surface area contributed by atoms with Crippen molar-refractivity contribution in [3.63, 3.8) is 0 Å². The lowest BCUT2D eigenvalue weighted by Crippen LogP contribution is -1.98. The van der Waals surface area contributed by atoms with Crippen LogP contribution in [0, 0.1) is 0 Å². The van der Waals surface area contributed by atoms with E-state index in [4.69, 9.17) is 0 Å². The summed E-state index contributed by atoms with van der Waals surface area (Å²) in [5.74, 6) is 0. The van der Waals surface area contributed by atoms with E-state index in [1.807, 2.05) is 97.1 Å². The summed E-state index contributed by atoms with van der Waals surface area (Å²) in [6.07, 6.45) is -0.516. The maximum atomic E-state index is 9.99. The molecular formula is C19H18O. The fourth-order valence-corrected chi connectivity index (χ4v) is 1.85. The summed E-state index contributed by atoms with van der Waals surface area (Å²) < 4.78 is 0. The highest BCUT2D eigenvalue weighted by Crippen LogP contribution is 2.20. The normalized spacial score (nSPS) is 9.70. The van der Waals surface area contributed by atoms with Gasteiger partial charge in [-0.25, -0.2) is 0 Å². The Balaban J connectivity index is 0.000000205. The van der Waals surface area contributed by atoms with Crippen LogP contribution in [0.2, 0.25) is 0 Å². The third kappa shape index (κ3) is 4.38. The Morgan fingerprint density at radius 1 is 0.450 bits per heavy atom. The van der Waals surface area contributed by atoms with Gasteiger partial charge >= 0.3 is 0 Å². The average molecular weight is 262 g/mol. The van der Waals surface area contributed by atoms with Gasteiger partial charge in [-0.15, -0.1) is 0 Å². The first kappa shape index (κ1) is 14.0. The second kappa shape index (κ2) is 7.93. The predicted molar refractivity (Wildman–Crippen MR) is 83.4 cm³/mol. The zero-order chi connectivity index (χ0) is 14.0. The van der Waals surface area contributed by atoms with Crippen molar-refractivity contribution in [1.29, 1.82) is 0 Å². The molecule has 0 heterocycles. The van der Waals surface area contributed by atoms with Crippen molar-refractivity contribution in [3.8, 4) is 0 Å². The van der Waals surface area contributed by atoms with Gasteiger partial charge in [0.1, 0.15) is 6.10 Å². The smallest absolute Gasteiger partial charge is 0.104 e. The fourth-order valence-electron chi connectivity index (χ4n) is 1.85. The van der Waals surface area contributed by atoms with E-state index in [0.717, 1.165) is 11.1 Å². The van der Waals surface area contributed by atoms with Crippen LogP contribution >= 0.6 is 0 Å². The van der Waals surface area contributed by atoms with Crippen LogP contribution in [0.4, 0.5) is 0 Å². The molecule has 0 bridgehead atoms. The molecule has 0 aliphatic heterocycles. The van der Waals surface area contributed by atoms with Crippen LogP contribution in [0.5, 0.6) is 0 Å². The SMILES string of the molecule is OC(c1ccccc1)c1ccccc1.c1ccccc1. The van der Waals surface area contributed by atoms with Gasteiger partial charge in [-0.1, -0.05) is 97.1 Å². The van der Waals surface area contributed by atoms with Gasteiger partial charge in [0.05, 0.1) is 0 Å². The molecule has 1 heteroatoms. The maximum Gasteiger partial charge on any atom is 0.104 e. The van der Waals surface area contributed by atoms with Crippen molar-refractivity contribution in [2.24, 2.45) is 0 Å². The Morgan fingerprint density at radius 2 is 0.700 bits per heavy atom. The van der Waals surface area contributed by atoms with Crippen LogP contribution in [0.3, 0.4) is 0 Å². The van der Waals surface area contributed by atoms with Crippen molar-refractivity contribution >= 4 is 0 Å². The maximum absolute atomic E-state index is 9.99. The summed E-state index contributed by atoms with van der Waals surface area (Å²) in [6, 6.07) is 31.3. The summed E-state index contributed by atoms with van der Waals surface area (Å²) in [4.78, 5) is 0. The van der Waals surface area contributed by atoms with Crippen molar-refractivity contribution in [2.75, 3.05) is 0 Å². The van der Waals surface area contributed by atoms with Gasteiger partial charge in [0.2, 0.25) is 0 Å². The van der Waals surface area contributed by atoms with Crippen LogP contribution in [0.25, 0.3) is 0 Å². The van der Waals surface area contributed by atoms with E-state index in [1.54, 1.807) is 0 Å². The largest absolute Gasteiger partial charge is 0.384 e. The Bertz CT molecular complexity index is 510. The van der Waals surface area contributed by atoms with Gasteiger partial charge in [0, 0.05) is 0 Å². The van der Waals surface area contributed by atoms with Gasteiger partial charge in [-0.05, 0) is 11.1 Å². The van der Waals surface area contributed by atoms with Crippen LogP contribution in [-0.2, 0) is 0 Å². The van der Waals surface area contributed by atoms with Gasteiger partial charge < -0.3 is 5.11 Å². The molecule has 0 atom stereocenters. The Morgan fingerprint density at radius 3 is 1.00 bits per heavy atom. The molecule has 0 aliphatic carbocycles. The third-order valence-electron chi connectivity index (χ3n) is 2.90. The van der Waals surface area contributed by atoms with E-state index in [2.05, 4.69) is 0 Å². The van der Waals surface area contributed by atoms with Crippen LogP contribution in [0.15, 0.2) is 97.1 Å². The molecule has 0 amide bonds. The Labute approximate surface area is 120 Å². The predicted octanol–water partition coefficient (Wildman–Crippen LogP) is 4.45. The highest BCUT2D eigenvalue weighted by Gasteiger charge is 2.07. The second-order valence-electron chi connectivity index (χ2n) is 4.38. The molecule has 3 aromatic rings. The molecule has 0 unspecified atom stereocenters. The van der Waals surface area contributed by atoms with Crippen molar-refractivity contribution in [1.82, 2.24) is 0 Å². The number of benzene rings is 3. The average Bonchev–Trinajstić information content (AvgIpc) is 2.58. The first-order valence-electron chi connectivity index (χ1n) is 6.66. The number of aliphatic hydroxyl groups is 1. The first-order valence-corrected chi connectivity index (χ1v) is 6.66. The number of hydrogen-bond donors (Lipinski definition) is 1. The van der Waals surface area contributed by atoms with Gasteiger partial charge in [-0.2, -0.15) is 0 Å². The first-order chi connectivity index (χ1) is 9.88. The molecule has 1 N–H and O–H groups in total. The topological polar surface area (TPSA) is 20.2 Å². The van der Waals surface area contributed by atoms with E-state index in [0.29, 0.717) is 0 Å². The quantitative estimate of drug-likeness (QED) is 0.723. The highest BCUT2D eigenvalue weighted by atomic mass is 16.3. The fraction of sp³-hybridized carbons (Fsp3) is 0.0526. The Kier molecular flexibility index (Phi) is 5.56. The highest BCUT2D eigenvalue weighted by molar-refractivity contribution is 5.29. The van der Waals surface area contributed by atoms with Gasteiger partial charge in [-0.3, -0.25) is 0 Å². The summed E-state index contributed by atoms with van der Waals surface area (Å²) in [6.45, 7) is 0. The molecular weight excluding hydrogens is 244 g/mol. The van der Waals surface area contributed by atoms with Gasteiger partial charge in [0.15, 0.2) is 0 Å². The van der Waals surface area contributed by atoms with Crippen molar-refractivity contribution in [2.45, 2.75) is 6.10 Å². The van der Waals surface area contributed by atoms with Crippen LogP contribution in [0.1, 0.15) is 17.2 Å². The van der Waals surface area contributed by atoms with Crippen LogP contribution < -0.4 is 0 Å². The summed E-state index contributed by atoms with van der Waals surface area (Å²) >= 11 is 0. The molecule has 100 valence electrons. The van der Waals surface area contributed by atoms with E-state index >= 15 is 0 Å². The number of rotatable bonds is 2. The second-order valence-corrected chi connectivity index (χ2v) is 4.38. The standard InChI is InChI=1S/C13H12O.C6H6/c14-13(11-7-3-1-4-8-11)12-9-5-2-6-10-12;1-2-4-6-5-3-1/h1-10,13-14H;1-6H. The molecule has 3 aromatic carbocycles. The lowest BCUT2D eigenvalue weighted by atomic mass is 10.0. The van der Waals surface area contributed by atoms with Crippen molar-refractivity contribution in [3.05, 3.63) is 108 Å². The minimum Gasteiger partial charge on any atom is -0.384 e. The lowest BCUT2D eigenvalue weighted by Gasteiger charge is -2.10. The molecule has 3 rings (SSSR count). The third-order valence-corrected chi connectivity index (χ3v) is 2.90. The molecule has 0 saturated carbocycles. The summed E-state index contributed by atoms with van der Waals surface area (Å²) in [5, 5.41) is 9.99. The molecule has 0 radical (unpaired) electrons. The van der Waals surface area contributed by atoms with E-state index in [9.17, 15) is 5.11 Å². The van der Waals surface area contributed by atoms with E-state index in [-0.39, 0.29) is 0 Å². The minimum atomic E-state index is -0.516. The minimum absolute atomic E-state index is 0.516. The zero-order valence-corrected chi connectivity index (χ0v) is 11.3. The van der Waals surface area contributed by atoms with Crippen LogP contribution in [-0.4, -0.2) is 5.11 Å². The van der Waals surface area contributed by atoms with E-state index in [1.165, 1.54) is 0 Å². The molecule has 0 spiro atoms. The summed E-state index contributed by atoms with van der Waals surface area (Å²) in [5.41, 5.74) is 1.86. The molecule has 0 aromatic heterocycles.